The topological polar surface area (TPSA) is 85.5 Å². The first-order valence-corrected chi connectivity index (χ1v) is 6.53. The summed E-state index contributed by atoms with van der Waals surface area (Å²) >= 11 is 3.15. The lowest BCUT2D eigenvalue weighted by atomic mass is 10.2. The maximum Gasteiger partial charge on any atom is 0.287 e. The number of ether oxygens (including phenoxy) is 1. The molecule has 1 atom stereocenters. The Hall–Kier alpha value is -1.99. The van der Waals surface area contributed by atoms with Gasteiger partial charge in [-0.3, -0.25) is 15.1 Å². The fourth-order valence-electron chi connectivity index (χ4n) is 1.55. The van der Waals surface area contributed by atoms with E-state index in [2.05, 4.69) is 20.9 Å². The second-order valence-electron chi connectivity index (χ2n) is 4.04. The third kappa shape index (κ3) is 3.12. The van der Waals surface area contributed by atoms with Crippen molar-refractivity contribution in [3.05, 3.63) is 56.8 Å². The molecule has 0 spiro atoms. The third-order valence-corrected chi connectivity index (χ3v) is 3.35. The van der Waals surface area contributed by atoms with Gasteiger partial charge < -0.3 is 9.84 Å². The number of nitro benzene ring substituents is 1. The zero-order valence-electron chi connectivity index (χ0n) is 10.5. The Kier molecular flexibility index (Phi) is 4.31. The molecule has 0 fully saturated rings. The Bertz CT molecular complexity index is 629. The number of rotatable bonds is 4. The molecule has 6 nitrogen and oxygen atoms in total. The zero-order valence-corrected chi connectivity index (χ0v) is 12.1. The molecule has 0 aliphatic rings. The van der Waals surface area contributed by atoms with Crippen molar-refractivity contribution in [1.82, 2.24) is 4.98 Å². The summed E-state index contributed by atoms with van der Waals surface area (Å²) in [6, 6.07) is 7.80. The molecule has 1 N–H and O–H groups in total. The van der Waals surface area contributed by atoms with Crippen LogP contribution < -0.4 is 4.74 Å². The number of nitro groups is 1. The van der Waals surface area contributed by atoms with Gasteiger partial charge in [-0.2, -0.15) is 0 Å². The Morgan fingerprint density at radius 1 is 1.40 bits per heavy atom. The summed E-state index contributed by atoms with van der Waals surface area (Å²) in [4.78, 5) is 14.4. The van der Waals surface area contributed by atoms with Gasteiger partial charge in [0.1, 0.15) is 16.0 Å². The minimum absolute atomic E-state index is 0.0731. The van der Waals surface area contributed by atoms with Crippen LogP contribution in [0.15, 0.2) is 41.0 Å². The van der Waals surface area contributed by atoms with E-state index in [1.165, 1.54) is 18.3 Å². The van der Waals surface area contributed by atoms with Crippen LogP contribution in [0.25, 0.3) is 0 Å². The first kappa shape index (κ1) is 14.4. The first-order chi connectivity index (χ1) is 9.49. The lowest BCUT2D eigenvalue weighted by Gasteiger charge is -2.09. The summed E-state index contributed by atoms with van der Waals surface area (Å²) < 4.78 is 5.81. The van der Waals surface area contributed by atoms with Gasteiger partial charge >= 0.3 is 0 Å². The number of nitrogens with zero attached hydrogens (tertiary/aromatic N) is 2. The second-order valence-corrected chi connectivity index (χ2v) is 4.84. The van der Waals surface area contributed by atoms with Gasteiger partial charge in [-0.25, -0.2) is 0 Å². The minimum Gasteiger partial charge on any atom is -0.454 e. The molecule has 0 bridgehead atoms. The Labute approximate surface area is 123 Å². The van der Waals surface area contributed by atoms with Crippen LogP contribution in [0.2, 0.25) is 0 Å². The second kappa shape index (κ2) is 5.98. The molecule has 1 unspecified atom stereocenters. The van der Waals surface area contributed by atoms with Gasteiger partial charge in [0, 0.05) is 6.07 Å². The first-order valence-electron chi connectivity index (χ1n) is 5.74. The molecule has 2 aromatic rings. The lowest BCUT2D eigenvalue weighted by Crippen LogP contribution is -1.96. The molecular formula is C13H11BrN2O4. The van der Waals surface area contributed by atoms with Gasteiger partial charge in [-0.05, 0) is 41.1 Å². The summed E-state index contributed by atoms with van der Waals surface area (Å²) in [5.41, 5.74) is 0.450. The number of aliphatic hydroxyl groups excluding tert-OH is 1. The van der Waals surface area contributed by atoms with E-state index in [0.29, 0.717) is 17.2 Å². The van der Waals surface area contributed by atoms with Crippen molar-refractivity contribution in [1.29, 1.82) is 0 Å². The number of hydrogen-bond donors (Lipinski definition) is 1. The number of aliphatic hydroxyl groups is 1. The van der Waals surface area contributed by atoms with Gasteiger partial charge in [0.2, 0.25) is 0 Å². The van der Waals surface area contributed by atoms with E-state index in [0.717, 1.165) is 0 Å². The highest BCUT2D eigenvalue weighted by Gasteiger charge is 2.16. The quantitative estimate of drug-likeness (QED) is 0.679. The van der Waals surface area contributed by atoms with Crippen LogP contribution in [0.1, 0.15) is 18.7 Å². The molecule has 7 heteroatoms. The van der Waals surface area contributed by atoms with E-state index >= 15 is 0 Å². The molecule has 0 amide bonds. The molecule has 104 valence electrons. The monoisotopic (exact) mass is 338 g/mol. The van der Waals surface area contributed by atoms with Crippen molar-refractivity contribution in [3.63, 3.8) is 0 Å². The van der Waals surface area contributed by atoms with Crippen molar-refractivity contribution in [3.8, 4) is 11.5 Å². The smallest absolute Gasteiger partial charge is 0.287 e. The number of aromatic nitrogens is 1. The maximum absolute atomic E-state index is 10.8. The van der Waals surface area contributed by atoms with E-state index < -0.39 is 11.0 Å². The van der Waals surface area contributed by atoms with E-state index in [4.69, 9.17) is 4.74 Å². The molecule has 1 heterocycles. The molecule has 0 aliphatic heterocycles. The lowest BCUT2D eigenvalue weighted by molar-refractivity contribution is -0.385. The molecule has 20 heavy (non-hydrogen) atoms. The van der Waals surface area contributed by atoms with Crippen molar-refractivity contribution in [2.75, 3.05) is 0 Å². The number of halogens is 1. The highest BCUT2D eigenvalue weighted by atomic mass is 79.9. The SMILES string of the molecule is CC(O)c1ccc(Oc2cccc([N+](=O)[O-])c2Br)cn1. The molecule has 0 saturated heterocycles. The van der Waals surface area contributed by atoms with Crippen molar-refractivity contribution >= 4 is 21.6 Å². The average Bonchev–Trinajstić information content (AvgIpc) is 2.41. The Morgan fingerprint density at radius 3 is 2.70 bits per heavy atom. The van der Waals surface area contributed by atoms with Crippen LogP contribution in [-0.2, 0) is 0 Å². The van der Waals surface area contributed by atoms with Gasteiger partial charge in [0.25, 0.3) is 5.69 Å². The third-order valence-electron chi connectivity index (χ3n) is 2.55. The van der Waals surface area contributed by atoms with Crippen molar-refractivity contribution in [2.24, 2.45) is 0 Å². The van der Waals surface area contributed by atoms with Crippen molar-refractivity contribution < 1.29 is 14.8 Å². The van der Waals surface area contributed by atoms with Gasteiger partial charge in [-0.1, -0.05) is 6.07 Å². The van der Waals surface area contributed by atoms with Crippen LogP contribution in [0.5, 0.6) is 11.5 Å². The Balaban J connectivity index is 2.26. The van der Waals surface area contributed by atoms with Crippen LogP contribution in [0, 0.1) is 10.1 Å². The molecule has 0 aliphatic carbocycles. The summed E-state index contributed by atoms with van der Waals surface area (Å²) in [6.45, 7) is 1.61. The van der Waals surface area contributed by atoms with E-state index in [1.807, 2.05) is 0 Å². The maximum atomic E-state index is 10.8. The van der Waals surface area contributed by atoms with Gasteiger partial charge in [0.05, 0.1) is 22.9 Å². The zero-order chi connectivity index (χ0) is 14.7. The minimum atomic E-state index is -0.659. The van der Waals surface area contributed by atoms with Crippen LogP contribution >= 0.6 is 15.9 Å². The summed E-state index contributed by atoms with van der Waals surface area (Å²) in [6.07, 6.45) is 0.793. The summed E-state index contributed by atoms with van der Waals surface area (Å²) in [7, 11) is 0. The van der Waals surface area contributed by atoms with Crippen LogP contribution in [-0.4, -0.2) is 15.0 Å². The number of pyridine rings is 1. The predicted octanol–water partition coefficient (Wildman–Crippen LogP) is 3.60. The van der Waals surface area contributed by atoms with E-state index in [1.54, 1.807) is 25.1 Å². The Morgan fingerprint density at radius 2 is 2.15 bits per heavy atom. The molecular weight excluding hydrogens is 328 g/mol. The molecule has 2 rings (SSSR count). The number of hydrogen-bond acceptors (Lipinski definition) is 5. The average molecular weight is 339 g/mol. The molecule has 1 aromatic carbocycles. The predicted molar refractivity (Wildman–Crippen MR) is 75.7 cm³/mol. The van der Waals surface area contributed by atoms with Crippen LogP contribution in [0.3, 0.4) is 0 Å². The molecule has 0 radical (unpaired) electrons. The van der Waals surface area contributed by atoms with E-state index in [9.17, 15) is 15.2 Å². The van der Waals surface area contributed by atoms with Gasteiger partial charge in [0.15, 0.2) is 0 Å². The number of benzene rings is 1. The largest absolute Gasteiger partial charge is 0.454 e. The molecule has 0 saturated carbocycles. The van der Waals surface area contributed by atoms with Crippen molar-refractivity contribution in [2.45, 2.75) is 13.0 Å². The van der Waals surface area contributed by atoms with Crippen LogP contribution in [0.4, 0.5) is 5.69 Å². The fraction of sp³-hybridized carbons (Fsp3) is 0.154. The normalized spacial score (nSPS) is 11.9. The fourth-order valence-corrected chi connectivity index (χ4v) is 2.04. The van der Waals surface area contributed by atoms with Gasteiger partial charge in [-0.15, -0.1) is 0 Å². The summed E-state index contributed by atoms with van der Waals surface area (Å²) in [5, 5.41) is 20.2. The summed E-state index contributed by atoms with van der Waals surface area (Å²) in [5.74, 6) is 0.751. The highest BCUT2D eigenvalue weighted by molar-refractivity contribution is 9.10. The standard InChI is InChI=1S/C13H11BrN2O4/c1-8(17)10-6-5-9(7-15-10)20-12-4-2-3-11(13(12)14)16(18)19/h2-8,17H,1H3. The van der Waals surface area contributed by atoms with E-state index in [-0.39, 0.29) is 10.2 Å². The highest BCUT2D eigenvalue weighted by Crippen LogP contribution is 2.36. The molecule has 1 aromatic heterocycles.